The number of anilines is 1. The molecule has 3 fully saturated rings. The first-order valence-electron chi connectivity index (χ1n) is 12.7. The molecule has 4 rings (SSSR count). The van der Waals surface area contributed by atoms with E-state index >= 15 is 0 Å². The zero-order valence-electron chi connectivity index (χ0n) is 21.7. The lowest BCUT2D eigenvalue weighted by Gasteiger charge is -2.53. The predicted octanol–water partition coefficient (Wildman–Crippen LogP) is 5.72. The van der Waals surface area contributed by atoms with Crippen LogP contribution >= 0.6 is 0 Å². The average molecular weight is 465 g/mol. The van der Waals surface area contributed by atoms with Crippen LogP contribution in [0.15, 0.2) is 12.1 Å². The molecule has 0 radical (unpaired) electrons. The van der Waals surface area contributed by atoms with Crippen LogP contribution in [-0.2, 0) is 4.79 Å². The number of nitrogens with zero attached hydrogens (tertiary/aromatic N) is 2. The molecule has 6 nitrogen and oxygen atoms in total. The molecule has 1 amide bonds. The number of nitriles is 1. The van der Waals surface area contributed by atoms with Crippen molar-refractivity contribution in [3.05, 3.63) is 23.3 Å². The van der Waals surface area contributed by atoms with Crippen molar-refractivity contribution in [2.45, 2.75) is 84.1 Å². The van der Waals surface area contributed by atoms with Crippen molar-refractivity contribution in [1.29, 1.82) is 10.7 Å². The van der Waals surface area contributed by atoms with E-state index in [1.165, 1.54) is 0 Å². The molecule has 3 aliphatic rings. The van der Waals surface area contributed by atoms with Gasteiger partial charge in [-0.25, -0.2) is 0 Å². The number of fused-ring (bicyclic) bond motifs is 2. The Morgan fingerprint density at radius 1 is 1.29 bits per heavy atom. The highest BCUT2D eigenvalue weighted by Crippen LogP contribution is 2.56. The maximum Gasteiger partial charge on any atom is 0.234 e. The number of ether oxygens (including phenoxy) is 1. The molecule has 2 N–H and O–H groups in total. The third-order valence-electron chi connectivity index (χ3n) is 8.75. The van der Waals surface area contributed by atoms with Gasteiger partial charge in [0, 0.05) is 37.0 Å². The van der Waals surface area contributed by atoms with Gasteiger partial charge in [0.05, 0.1) is 29.7 Å². The summed E-state index contributed by atoms with van der Waals surface area (Å²) in [6, 6.07) is 6.56. The quantitative estimate of drug-likeness (QED) is 0.505. The second-order valence-corrected chi connectivity index (χ2v) is 11.8. The molecule has 3 unspecified atom stereocenters. The lowest BCUT2D eigenvalue weighted by molar-refractivity contribution is -0.141. The van der Waals surface area contributed by atoms with Crippen molar-refractivity contribution in [1.82, 2.24) is 4.90 Å². The summed E-state index contributed by atoms with van der Waals surface area (Å²) in [4.78, 5) is 15.9. The molecule has 1 aromatic carbocycles. The van der Waals surface area contributed by atoms with Crippen molar-refractivity contribution < 1.29 is 9.53 Å². The fourth-order valence-corrected chi connectivity index (χ4v) is 6.76. The van der Waals surface area contributed by atoms with Crippen LogP contribution in [0.5, 0.6) is 5.75 Å². The largest absolute Gasteiger partial charge is 0.496 e. The molecular weight excluding hydrogens is 424 g/mol. The van der Waals surface area contributed by atoms with E-state index < -0.39 is 5.41 Å². The van der Waals surface area contributed by atoms with Crippen LogP contribution in [0.25, 0.3) is 0 Å². The van der Waals surface area contributed by atoms with Gasteiger partial charge in [0.1, 0.15) is 5.75 Å². The molecule has 0 aliphatic heterocycles. The topological polar surface area (TPSA) is 89.2 Å². The van der Waals surface area contributed by atoms with Crippen LogP contribution in [-0.4, -0.2) is 43.8 Å². The highest BCUT2D eigenvalue weighted by atomic mass is 16.5. The van der Waals surface area contributed by atoms with Gasteiger partial charge in [-0.15, -0.1) is 0 Å². The van der Waals surface area contributed by atoms with Crippen molar-refractivity contribution in [3.8, 4) is 11.8 Å². The van der Waals surface area contributed by atoms with Crippen LogP contribution in [0.2, 0.25) is 0 Å². The lowest BCUT2D eigenvalue weighted by Crippen LogP contribution is -2.54. The molecule has 2 bridgehead atoms. The van der Waals surface area contributed by atoms with E-state index in [4.69, 9.17) is 4.74 Å². The number of carbonyl (C=O) groups excluding carboxylic acids is 1. The zero-order chi connectivity index (χ0) is 24.9. The average Bonchev–Trinajstić information content (AvgIpc) is 3.65. The van der Waals surface area contributed by atoms with Gasteiger partial charge in [-0.2, -0.15) is 5.26 Å². The fourth-order valence-electron chi connectivity index (χ4n) is 6.76. The molecule has 1 aromatic rings. The Labute approximate surface area is 204 Å². The second kappa shape index (κ2) is 8.59. The highest BCUT2D eigenvalue weighted by molar-refractivity contribution is 6.18. The lowest BCUT2D eigenvalue weighted by atomic mass is 9.54. The molecule has 0 aromatic heterocycles. The number of hydrogen-bond acceptors (Lipinski definition) is 5. The summed E-state index contributed by atoms with van der Waals surface area (Å²) < 4.78 is 5.68. The number of carbonyl (C=O) groups is 1. The molecule has 0 heterocycles. The van der Waals surface area contributed by atoms with Gasteiger partial charge in [-0.05, 0) is 82.3 Å². The number of hydrogen-bond donors (Lipinski definition) is 2. The third kappa shape index (κ3) is 4.08. The summed E-state index contributed by atoms with van der Waals surface area (Å²) in [5.74, 6) is 1.11. The molecule has 6 heteroatoms. The molecular formula is C28H40N4O2. The van der Waals surface area contributed by atoms with E-state index in [1.54, 1.807) is 7.11 Å². The number of methoxy groups -OCH3 is 1. The Bertz CT molecular complexity index is 1040. The van der Waals surface area contributed by atoms with E-state index in [0.29, 0.717) is 11.6 Å². The van der Waals surface area contributed by atoms with Gasteiger partial charge >= 0.3 is 0 Å². The van der Waals surface area contributed by atoms with Crippen molar-refractivity contribution >= 4 is 17.3 Å². The van der Waals surface area contributed by atoms with Crippen molar-refractivity contribution in [3.63, 3.8) is 0 Å². The van der Waals surface area contributed by atoms with Crippen LogP contribution in [0.4, 0.5) is 5.69 Å². The van der Waals surface area contributed by atoms with Gasteiger partial charge in [0.15, 0.2) is 0 Å². The first-order chi connectivity index (χ1) is 16.0. The number of benzene rings is 1. The molecule has 3 atom stereocenters. The number of amides is 1. The molecule has 184 valence electrons. The first-order valence-corrected chi connectivity index (χ1v) is 12.7. The maximum atomic E-state index is 14.0. The normalized spacial score (nSPS) is 28.6. The number of rotatable bonds is 7. The Kier molecular flexibility index (Phi) is 6.21. The molecule has 3 saturated carbocycles. The monoisotopic (exact) mass is 464 g/mol. The Morgan fingerprint density at radius 2 is 2.00 bits per heavy atom. The van der Waals surface area contributed by atoms with E-state index in [-0.39, 0.29) is 22.8 Å². The minimum atomic E-state index is -1.01. The zero-order valence-corrected chi connectivity index (χ0v) is 21.7. The molecule has 34 heavy (non-hydrogen) atoms. The smallest absolute Gasteiger partial charge is 0.234 e. The van der Waals surface area contributed by atoms with Crippen LogP contribution in [0, 0.1) is 33.0 Å². The summed E-state index contributed by atoms with van der Waals surface area (Å²) >= 11 is 0. The van der Waals surface area contributed by atoms with Crippen LogP contribution in [0.3, 0.4) is 0 Å². The Balaban J connectivity index is 1.66. The summed E-state index contributed by atoms with van der Waals surface area (Å²) in [5.41, 5.74) is 1.81. The van der Waals surface area contributed by atoms with E-state index in [1.807, 2.05) is 45.0 Å². The molecule has 0 saturated heterocycles. The summed E-state index contributed by atoms with van der Waals surface area (Å²) in [5, 5.41) is 22.6. The SMILES string of the molecule is CNc1ccc(OC)c(C2CC2)c1C(=N)C(C)(C)C(=O)N(C)C1CC2(C)CCCC(C#N)(C1)C2. The van der Waals surface area contributed by atoms with Crippen LogP contribution in [0.1, 0.15) is 89.2 Å². The van der Waals surface area contributed by atoms with E-state index in [2.05, 4.69) is 18.3 Å². The highest BCUT2D eigenvalue weighted by Gasteiger charge is 2.51. The summed E-state index contributed by atoms with van der Waals surface area (Å²) in [6.45, 7) is 6.03. The van der Waals surface area contributed by atoms with Gasteiger partial charge in [-0.1, -0.05) is 13.3 Å². The Hall–Kier alpha value is -2.55. The van der Waals surface area contributed by atoms with E-state index in [0.717, 1.165) is 73.9 Å². The summed E-state index contributed by atoms with van der Waals surface area (Å²) in [6.07, 6.45) is 7.90. The fraction of sp³-hybridized carbons (Fsp3) is 0.679. The van der Waals surface area contributed by atoms with Gasteiger partial charge in [0.2, 0.25) is 5.91 Å². The Morgan fingerprint density at radius 3 is 2.59 bits per heavy atom. The third-order valence-corrected chi connectivity index (χ3v) is 8.75. The van der Waals surface area contributed by atoms with Gasteiger partial charge < -0.3 is 20.4 Å². The first kappa shape index (κ1) is 24.6. The predicted molar refractivity (Wildman–Crippen MR) is 136 cm³/mol. The van der Waals surface area contributed by atoms with E-state index in [9.17, 15) is 15.5 Å². The standard InChI is InChI=1S/C28H40N4O2/c1-26(2,24(30)23-20(31-4)10-11-21(34-6)22(23)18-8-9-18)25(33)32(5)19-14-27(3)12-7-13-28(15-19,16-27)17-29/h10-11,18-19,30-31H,7-9,12-16H2,1-6H3. The second-order valence-electron chi connectivity index (χ2n) is 11.8. The number of nitrogens with one attached hydrogen (secondary N) is 2. The van der Waals surface area contributed by atoms with Crippen LogP contribution < -0.4 is 10.1 Å². The van der Waals surface area contributed by atoms with Gasteiger partial charge in [0.25, 0.3) is 0 Å². The molecule has 0 spiro atoms. The maximum absolute atomic E-state index is 14.0. The summed E-state index contributed by atoms with van der Waals surface area (Å²) in [7, 11) is 5.41. The minimum Gasteiger partial charge on any atom is -0.496 e. The molecule has 3 aliphatic carbocycles. The minimum absolute atomic E-state index is 0.0234. The van der Waals surface area contributed by atoms with Crippen molar-refractivity contribution in [2.75, 3.05) is 26.5 Å². The van der Waals surface area contributed by atoms with Gasteiger partial charge in [-0.3, -0.25) is 4.79 Å². The van der Waals surface area contributed by atoms with Crippen molar-refractivity contribution in [2.24, 2.45) is 16.2 Å².